The molecule has 0 radical (unpaired) electrons. The number of methoxy groups -OCH3 is 1. The average Bonchev–Trinajstić information content (AvgIpc) is 3.75. The maximum absolute atomic E-state index is 12.4. The van der Waals surface area contributed by atoms with Crippen molar-refractivity contribution in [2.45, 2.75) is 82.8 Å². The van der Waals surface area contributed by atoms with Gasteiger partial charge >= 0.3 is 12.2 Å². The Labute approximate surface area is 220 Å². The summed E-state index contributed by atoms with van der Waals surface area (Å²) in [5, 5.41) is 9.97. The predicted molar refractivity (Wildman–Crippen MR) is 138 cm³/mol. The first-order chi connectivity index (χ1) is 17.6. The van der Waals surface area contributed by atoms with E-state index in [0.717, 1.165) is 19.3 Å². The first-order valence-corrected chi connectivity index (χ1v) is 13.6. The monoisotopic (exact) mass is 520 g/mol. The van der Waals surface area contributed by atoms with Crippen molar-refractivity contribution in [1.82, 2.24) is 9.80 Å². The zero-order chi connectivity index (χ0) is 27.0. The highest BCUT2D eigenvalue weighted by molar-refractivity contribution is 5.68. The molecule has 1 N–H and O–H groups in total. The van der Waals surface area contributed by atoms with Gasteiger partial charge < -0.3 is 33.9 Å². The fraction of sp³-hybridized carbons (Fsp3) is 0.786. The van der Waals surface area contributed by atoms with E-state index in [4.69, 9.17) is 18.9 Å². The minimum atomic E-state index is -0.899. The number of likely N-dealkylation sites (tertiary alicyclic amines) is 1. The molecule has 4 aliphatic rings. The number of carbonyl (C=O) groups is 2. The lowest BCUT2D eigenvalue weighted by Gasteiger charge is -2.55. The fourth-order valence-electron chi connectivity index (χ4n) is 6.96. The molecule has 9 heteroatoms. The van der Waals surface area contributed by atoms with Crippen LogP contribution in [0.2, 0.25) is 0 Å². The second-order valence-corrected chi connectivity index (χ2v) is 11.5. The van der Waals surface area contributed by atoms with E-state index >= 15 is 0 Å². The Balaban J connectivity index is 1.50. The molecular weight excluding hydrogens is 476 g/mol. The van der Waals surface area contributed by atoms with Gasteiger partial charge in [-0.15, -0.1) is 0 Å². The molecule has 3 aliphatic heterocycles. The number of epoxide rings is 2. The Morgan fingerprint density at radius 2 is 2.05 bits per heavy atom. The van der Waals surface area contributed by atoms with Crippen molar-refractivity contribution in [3.05, 3.63) is 24.3 Å². The highest BCUT2D eigenvalue weighted by Gasteiger charge is 2.72. The number of carboxylic acid groups (broad SMARTS) is 1. The van der Waals surface area contributed by atoms with E-state index in [9.17, 15) is 14.7 Å². The van der Waals surface area contributed by atoms with Gasteiger partial charge in [-0.25, -0.2) is 9.59 Å². The summed E-state index contributed by atoms with van der Waals surface area (Å²) in [5.41, 5.74) is 0.666. The van der Waals surface area contributed by atoms with E-state index in [2.05, 4.69) is 33.4 Å². The third-order valence-corrected chi connectivity index (χ3v) is 9.03. The summed E-state index contributed by atoms with van der Waals surface area (Å²) in [4.78, 5) is 27.8. The summed E-state index contributed by atoms with van der Waals surface area (Å²) in [6, 6.07) is -0.164. The summed E-state index contributed by atoms with van der Waals surface area (Å²) in [6.07, 6.45) is 5.72. The number of hydrogen-bond acceptors (Lipinski definition) is 6. The largest absolute Gasteiger partial charge is 0.465 e. The van der Waals surface area contributed by atoms with Gasteiger partial charge in [-0.1, -0.05) is 24.3 Å². The van der Waals surface area contributed by atoms with Crippen molar-refractivity contribution in [3.63, 3.8) is 0 Å². The first-order valence-electron chi connectivity index (χ1n) is 13.6. The first kappa shape index (κ1) is 27.9. The van der Waals surface area contributed by atoms with Gasteiger partial charge in [0.1, 0.15) is 12.2 Å². The van der Waals surface area contributed by atoms with Crippen LogP contribution in [0, 0.1) is 17.8 Å². The van der Waals surface area contributed by atoms with Gasteiger partial charge in [-0.05, 0) is 59.3 Å². The van der Waals surface area contributed by atoms with E-state index < -0.39 is 6.09 Å². The lowest BCUT2D eigenvalue weighted by atomic mass is 9.61. The van der Waals surface area contributed by atoms with Gasteiger partial charge in [0.15, 0.2) is 0 Å². The molecule has 9 nitrogen and oxygen atoms in total. The second-order valence-electron chi connectivity index (χ2n) is 11.5. The molecule has 3 heterocycles. The van der Waals surface area contributed by atoms with E-state index in [1.807, 2.05) is 6.92 Å². The fourth-order valence-corrected chi connectivity index (χ4v) is 6.96. The number of hydrogen-bond donors (Lipinski definition) is 1. The topological polar surface area (TPSA) is 104 Å². The van der Waals surface area contributed by atoms with Crippen LogP contribution < -0.4 is 0 Å². The van der Waals surface area contributed by atoms with Crippen LogP contribution in [-0.2, 0) is 18.9 Å². The van der Waals surface area contributed by atoms with E-state index in [-0.39, 0.29) is 59.9 Å². The van der Waals surface area contributed by atoms with Crippen LogP contribution in [0.3, 0.4) is 0 Å². The predicted octanol–water partition coefficient (Wildman–Crippen LogP) is 4.32. The molecule has 8 atom stereocenters. The molecule has 2 unspecified atom stereocenters. The van der Waals surface area contributed by atoms with Crippen molar-refractivity contribution in [2.75, 3.05) is 40.0 Å². The summed E-state index contributed by atoms with van der Waals surface area (Å²) < 4.78 is 23.8. The molecule has 208 valence electrons. The molecule has 1 saturated carbocycles. The van der Waals surface area contributed by atoms with Gasteiger partial charge in [0.05, 0.1) is 24.4 Å². The van der Waals surface area contributed by atoms with Crippen molar-refractivity contribution in [3.8, 4) is 0 Å². The lowest BCUT2D eigenvalue weighted by molar-refractivity contribution is -0.131. The summed E-state index contributed by atoms with van der Waals surface area (Å²) in [7, 11) is 1.73. The summed E-state index contributed by atoms with van der Waals surface area (Å²) >= 11 is 0. The van der Waals surface area contributed by atoms with Crippen molar-refractivity contribution in [2.24, 2.45) is 17.8 Å². The van der Waals surface area contributed by atoms with Crippen LogP contribution in [0.5, 0.6) is 0 Å². The highest BCUT2D eigenvalue weighted by atomic mass is 16.6. The third-order valence-electron chi connectivity index (χ3n) is 9.03. The van der Waals surface area contributed by atoms with E-state index in [1.165, 1.54) is 5.57 Å². The molecule has 4 rings (SSSR count). The molecule has 0 bridgehead atoms. The highest BCUT2D eigenvalue weighted by Crippen LogP contribution is 2.61. The third kappa shape index (κ3) is 5.40. The molecule has 4 fully saturated rings. The second kappa shape index (κ2) is 10.9. The zero-order valence-corrected chi connectivity index (χ0v) is 23.0. The van der Waals surface area contributed by atoms with E-state index in [0.29, 0.717) is 32.7 Å². The zero-order valence-electron chi connectivity index (χ0n) is 23.0. The SMILES string of the molecule is C=CCOC(=O)N(CC)CC[C@@H]1CN(C(=O)O)C1[C@H]1CCC2(CO2)[C@@H]([C@@]2(C)O[C@@H]2CC=C(C)C)[C@H]1OC. The Morgan fingerprint density at radius 3 is 2.62 bits per heavy atom. The van der Waals surface area contributed by atoms with Crippen molar-refractivity contribution >= 4 is 12.2 Å². The lowest BCUT2D eigenvalue weighted by Crippen LogP contribution is -2.67. The molecule has 0 aromatic heterocycles. The number of ether oxygens (including phenoxy) is 4. The van der Waals surface area contributed by atoms with Crippen LogP contribution in [0.4, 0.5) is 9.59 Å². The van der Waals surface area contributed by atoms with Crippen LogP contribution in [0.25, 0.3) is 0 Å². The maximum Gasteiger partial charge on any atom is 0.410 e. The van der Waals surface area contributed by atoms with Gasteiger partial charge in [-0.2, -0.15) is 0 Å². The number of nitrogens with zero attached hydrogens (tertiary/aromatic N) is 2. The molecule has 1 aliphatic carbocycles. The van der Waals surface area contributed by atoms with Crippen LogP contribution >= 0.6 is 0 Å². The number of rotatable bonds is 11. The molecule has 0 aromatic carbocycles. The van der Waals surface area contributed by atoms with Crippen LogP contribution in [-0.4, -0.2) is 96.5 Å². The maximum atomic E-state index is 12.4. The van der Waals surface area contributed by atoms with Gasteiger partial charge in [-0.3, -0.25) is 0 Å². The van der Waals surface area contributed by atoms with Crippen molar-refractivity contribution < 1.29 is 33.6 Å². The normalized spacial score (nSPS) is 37.9. The van der Waals surface area contributed by atoms with Crippen LogP contribution in [0.15, 0.2) is 24.3 Å². The Hall–Kier alpha value is -2.10. The smallest absolute Gasteiger partial charge is 0.410 e. The van der Waals surface area contributed by atoms with Crippen molar-refractivity contribution in [1.29, 1.82) is 0 Å². The van der Waals surface area contributed by atoms with Gasteiger partial charge in [0.2, 0.25) is 0 Å². The standard InChI is InChI=1S/C28H44N2O7/c1-7-15-35-26(33)29(8-2)14-12-19-16-30(25(31)32)22(19)20-11-13-28(17-36-28)24(23(20)34-6)27(5)21(37-27)10-9-18(3)4/h7,9,19-24H,1,8,10-17H2,2-6H3,(H,31,32)/t19-,20-,21-,22?,23+,24-,27+,28?/m1/s1. The summed E-state index contributed by atoms with van der Waals surface area (Å²) in [6.45, 7) is 14.3. The Bertz CT molecular complexity index is 899. The number of allylic oxidation sites excluding steroid dienone is 1. The van der Waals surface area contributed by atoms with Gasteiger partial charge in [0.25, 0.3) is 0 Å². The summed E-state index contributed by atoms with van der Waals surface area (Å²) in [5.74, 6) is 0.217. The Morgan fingerprint density at radius 1 is 1.32 bits per heavy atom. The minimum Gasteiger partial charge on any atom is -0.465 e. The molecule has 1 spiro atoms. The number of amides is 2. The Kier molecular flexibility index (Phi) is 8.26. The minimum absolute atomic E-state index is 0.0348. The molecule has 0 aromatic rings. The number of carbonyl (C=O) groups excluding carboxylic acids is 1. The average molecular weight is 521 g/mol. The van der Waals surface area contributed by atoms with Gasteiger partial charge in [0, 0.05) is 44.6 Å². The molecule has 2 amide bonds. The molecule has 3 saturated heterocycles. The van der Waals surface area contributed by atoms with E-state index in [1.54, 1.807) is 23.0 Å². The quantitative estimate of drug-likeness (QED) is 0.319. The molecular formula is C28H44N2O7. The van der Waals surface area contributed by atoms with Crippen LogP contribution in [0.1, 0.15) is 53.4 Å². The molecule has 37 heavy (non-hydrogen) atoms.